The Labute approximate surface area is 165 Å². The van der Waals surface area contributed by atoms with Crippen molar-refractivity contribution in [2.45, 2.75) is 25.7 Å². The fraction of sp³-hybridized carbons (Fsp3) is 0.316. The topological polar surface area (TPSA) is 89.5 Å². The number of hydrogen-bond acceptors (Lipinski definition) is 6. The molecule has 0 aliphatic rings. The van der Waals surface area contributed by atoms with Gasteiger partial charge in [-0.3, -0.25) is 4.79 Å². The highest BCUT2D eigenvalue weighted by Crippen LogP contribution is 2.33. The number of nitrogens with one attached hydrogen (secondary N) is 2. The number of pyridine rings is 1. The van der Waals surface area contributed by atoms with Gasteiger partial charge in [-0.05, 0) is 43.7 Å². The lowest BCUT2D eigenvalue weighted by Gasteiger charge is -2.34. The van der Waals surface area contributed by atoms with Crippen molar-refractivity contribution in [3.63, 3.8) is 0 Å². The molecule has 0 saturated heterocycles. The summed E-state index contributed by atoms with van der Waals surface area (Å²) in [6.07, 6.45) is -5.25. The van der Waals surface area contributed by atoms with Crippen LogP contribution in [0.3, 0.4) is 0 Å². The molecule has 1 aromatic heterocycles. The van der Waals surface area contributed by atoms with E-state index in [4.69, 9.17) is 4.74 Å². The lowest BCUT2D eigenvalue weighted by atomic mass is 10.1. The third-order valence-corrected chi connectivity index (χ3v) is 3.77. The molecule has 2 aromatic rings. The number of carbonyl (C=O) groups excluding carboxylic acids is 2. The minimum Gasteiger partial charge on any atom is -0.484 e. The molecular formula is C19H20F3N3O4. The van der Waals surface area contributed by atoms with Gasteiger partial charge in [0.05, 0.1) is 7.11 Å². The van der Waals surface area contributed by atoms with Crippen LogP contribution in [0.1, 0.15) is 11.3 Å². The van der Waals surface area contributed by atoms with Gasteiger partial charge in [-0.1, -0.05) is 18.2 Å². The number of ether oxygens (including phenoxy) is 2. The number of rotatable bonds is 7. The van der Waals surface area contributed by atoms with Crippen LogP contribution in [-0.4, -0.2) is 42.4 Å². The number of aromatic nitrogens is 1. The smallest absolute Gasteiger partial charge is 0.441 e. The molecule has 0 saturated carbocycles. The second-order valence-corrected chi connectivity index (χ2v) is 6.19. The van der Waals surface area contributed by atoms with Crippen LogP contribution in [0, 0.1) is 13.8 Å². The molecule has 7 nitrogen and oxygen atoms in total. The van der Waals surface area contributed by atoms with Gasteiger partial charge in [0.15, 0.2) is 6.61 Å². The minimum atomic E-state index is -5.25. The van der Waals surface area contributed by atoms with Crippen LogP contribution in [0.25, 0.3) is 0 Å². The van der Waals surface area contributed by atoms with E-state index in [-0.39, 0.29) is 11.6 Å². The van der Waals surface area contributed by atoms with Gasteiger partial charge in [0.1, 0.15) is 11.6 Å². The van der Waals surface area contributed by atoms with E-state index in [1.807, 2.05) is 5.32 Å². The van der Waals surface area contributed by atoms with E-state index in [0.29, 0.717) is 11.3 Å². The largest absolute Gasteiger partial charge is 0.484 e. The van der Waals surface area contributed by atoms with Crippen molar-refractivity contribution in [3.05, 3.63) is 53.7 Å². The maximum absolute atomic E-state index is 14.0. The van der Waals surface area contributed by atoms with Gasteiger partial charge in [0.25, 0.3) is 5.91 Å². The van der Waals surface area contributed by atoms with Crippen LogP contribution in [0.2, 0.25) is 0 Å². The van der Waals surface area contributed by atoms with Crippen molar-refractivity contribution in [3.8, 4) is 5.75 Å². The maximum atomic E-state index is 14.0. The van der Waals surface area contributed by atoms with Crippen LogP contribution in [0.5, 0.6) is 5.75 Å². The Balaban J connectivity index is 2.32. The molecule has 0 bridgehead atoms. The molecule has 0 aliphatic carbocycles. The van der Waals surface area contributed by atoms with Crippen LogP contribution >= 0.6 is 0 Å². The summed E-state index contributed by atoms with van der Waals surface area (Å²) < 4.78 is 51.4. The van der Waals surface area contributed by atoms with Crippen LogP contribution in [0.15, 0.2) is 42.5 Å². The van der Waals surface area contributed by atoms with Gasteiger partial charge in [-0.25, -0.2) is 9.78 Å². The molecule has 2 rings (SSSR count). The first-order valence-corrected chi connectivity index (χ1v) is 8.45. The zero-order valence-corrected chi connectivity index (χ0v) is 16.0. The summed E-state index contributed by atoms with van der Waals surface area (Å²) >= 11 is 0. The van der Waals surface area contributed by atoms with Crippen molar-refractivity contribution < 1.29 is 32.2 Å². The molecule has 0 radical (unpaired) electrons. The Morgan fingerprint density at radius 2 is 1.76 bits per heavy atom. The Morgan fingerprint density at radius 3 is 2.31 bits per heavy atom. The fourth-order valence-electron chi connectivity index (χ4n) is 2.55. The summed E-state index contributed by atoms with van der Waals surface area (Å²) in [6, 6.07) is 11.0. The van der Waals surface area contributed by atoms with Crippen molar-refractivity contribution in [1.29, 1.82) is 0 Å². The van der Waals surface area contributed by atoms with E-state index >= 15 is 0 Å². The average Bonchev–Trinajstić information content (AvgIpc) is 2.64. The molecule has 0 aliphatic heterocycles. The number of methoxy groups -OCH3 is 1. The second-order valence-electron chi connectivity index (χ2n) is 6.19. The molecular weight excluding hydrogens is 391 g/mol. The normalized spacial score (nSPS) is 13.2. The molecule has 0 fully saturated rings. The van der Waals surface area contributed by atoms with Crippen molar-refractivity contribution in [1.82, 2.24) is 10.3 Å². The molecule has 156 valence electrons. The maximum Gasteiger partial charge on any atom is 0.441 e. The van der Waals surface area contributed by atoms with Crippen molar-refractivity contribution in [2.24, 2.45) is 0 Å². The van der Waals surface area contributed by atoms with Crippen molar-refractivity contribution in [2.75, 3.05) is 19.0 Å². The number of nitrogens with zero attached hydrogens (tertiary/aromatic N) is 1. The summed E-state index contributed by atoms with van der Waals surface area (Å²) in [5.74, 6) is -2.91. The lowest BCUT2D eigenvalue weighted by Crippen LogP contribution is -2.69. The number of halogens is 3. The highest BCUT2D eigenvalue weighted by atomic mass is 19.4. The number of hydrogen-bond donors (Lipinski definition) is 2. The summed E-state index contributed by atoms with van der Waals surface area (Å²) in [4.78, 5) is 28.3. The number of benzene rings is 1. The number of para-hydroxylation sites is 1. The SMILES string of the molecule is COC(=O)[C@@](NC(=O)COc1ccccc1)(Nc1cc(C)cc(C)n1)C(F)(F)F. The second kappa shape index (κ2) is 8.80. The van der Waals surface area contributed by atoms with E-state index in [9.17, 15) is 22.8 Å². The molecule has 2 N–H and O–H groups in total. The molecule has 10 heteroatoms. The van der Waals surface area contributed by atoms with E-state index in [2.05, 4.69) is 9.72 Å². The van der Waals surface area contributed by atoms with E-state index < -0.39 is 30.3 Å². The highest BCUT2D eigenvalue weighted by Gasteiger charge is 2.63. The number of anilines is 1. The molecule has 0 unspecified atom stereocenters. The van der Waals surface area contributed by atoms with Gasteiger partial charge in [-0.2, -0.15) is 13.2 Å². The molecule has 1 aromatic carbocycles. The first-order chi connectivity index (χ1) is 13.6. The molecule has 1 atom stereocenters. The lowest BCUT2D eigenvalue weighted by molar-refractivity contribution is -0.206. The number of carbonyl (C=O) groups is 2. The predicted octanol–water partition coefficient (Wildman–Crippen LogP) is 2.74. The van der Waals surface area contributed by atoms with Gasteiger partial charge in [0, 0.05) is 5.69 Å². The Morgan fingerprint density at radius 1 is 1.10 bits per heavy atom. The van der Waals surface area contributed by atoms with Crippen molar-refractivity contribution >= 4 is 17.7 Å². The summed E-state index contributed by atoms with van der Waals surface area (Å²) in [7, 11) is 0.784. The van der Waals surface area contributed by atoms with E-state index in [1.54, 1.807) is 43.4 Å². The Kier molecular flexibility index (Phi) is 6.68. The molecule has 29 heavy (non-hydrogen) atoms. The quantitative estimate of drug-likeness (QED) is 0.538. The average molecular weight is 411 g/mol. The number of amides is 1. The summed E-state index contributed by atoms with van der Waals surface area (Å²) in [5, 5.41) is 3.66. The minimum absolute atomic E-state index is 0.255. The number of esters is 1. The van der Waals surface area contributed by atoms with Crippen LogP contribution in [0.4, 0.5) is 19.0 Å². The van der Waals surface area contributed by atoms with Gasteiger partial charge < -0.3 is 20.1 Å². The summed E-state index contributed by atoms with van der Waals surface area (Å²) in [6.45, 7) is 2.48. The first-order valence-electron chi connectivity index (χ1n) is 8.45. The number of alkyl halides is 3. The van der Waals surface area contributed by atoms with Crippen LogP contribution in [-0.2, 0) is 14.3 Å². The number of aryl methyl sites for hydroxylation is 2. The monoisotopic (exact) mass is 411 g/mol. The fourth-order valence-corrected chi connectivity index (χ4v) is 2.55. The van der Waals surface area contributed by atoms with Gasteiger partial charge >= 0.3 is 17.8 Å². The van der Waals surface area contributed by atoms with E-state index in [0.717, 1.165) is 7.11 Å². The molecule has 0 spiro atoms. The highest BCUT2D eigenvalue weighted by molar-refractivity contribution is 5.91. The van der Waals surface area contributed by atoms with Crippen LogP contribution < -0.4 is 15.4 Å². The molecule has 1 amide bonds. The van der Waals surface area contributed by atoms with E-state index in [1.165, 1.54) is 18.2 Å². The molecule has 1 heterocycles. The third-order valence-electron chi connectivity index (χ3n) is 3.77. The Bertz CT molecular complexity index is 854. The zero-order valence-electron chi connectivity index (χ0n) is 16.0. The first kappa shape index (κ1) is 22.0. The summed E-state index contributed by atoms with van der Waals surface area (Å²) in [5.41, 5.74) is -2.52. The standard InChI is InChI=1S/C19H20F3N3O4/c1-12-9-13(2)23-15(10-12)24-18(17(27)28-3,19(20,21)22)25-16(26)11-29-14-7-5-4-6-8-14/h4-10H,11H2,1-3H3,(H,23,24)(H,25,26)/t18-/m0/s1. The predicted molar refractivity (Wildman–Crippen MR) is 98.2 cm³/mol. The third kappa shape index (κ3) is 5.37. The Hall–Kier alpha value is -3.30. The zero-order chi connectivity index (χ0) is 21.7. The van der Waals surface area contributed by atoms with Gasteiger partial charge in [0.2, 0.25) is 0 Å². The van der Waals surface area contributed by atoms with Gasteiger partial charge in [-0.15, -0.1) is 0 Å².